The predicted molar refractivity (Wildman–Crippen MR) is 46.2 cm³/mol. The zero-order valence-electron chi connectivity index (χ0n) is 7.56. The van der Waals surface area contributed by atoms with Crippen LogP contribution in [0.4, 0.5) is 0 Å². The lowest BCUT2D eigenvalue weighted by atomic mass is 10.1. The van der Waals surface area contributed by atoms with Crippen molar-refractivity contribution in [2.75, 3.05) is 6.61 Å². The molecular weight excluding hydrogens is 152 g/mol. The molecule has 0 amide bonds. The van der Waals surface area contributed by atoms with Gasteiger partial charge in [0.2, 0.25) is 0 Å². The summed E-state index contributed by atoms with van der Waals surface area (Å²) in [5.74, 6) is 10.7. The van der Waals surface area contributed by atoms with Gasteiger partial charge in [-0.2, -0.15) is 0 Å². The summed E-state index contributed by atoms with van der Waals surface area (Å²) in [5.41, 5.74) is -1.23. The quantitative estimate of drug-likeness (QED) is 0.419. The van der Waals surface area contributed by atoms with E-state index in [1.54, 1.807) is 13.8 Å². The standard InChI is InChI=1S/C10H12O2/c1-9(2,11)6-4-5-7-10(3)8-12-10/h11H,8H2,1-3H3. The molecular formula is C10H12O2. The summed E-state index contributed by atoms with van der Waals surface area (Å²) < 4.78 is 5.02. The van der Waals surface area contributed by atoms with Crippen molar-refractivity contribution < 1.29 is 9.84 Å². The molecule has 1 heterocycles. The van der Waals surface area contributed by atoms with Gasteiger partial charge in [-0.15, -0.1) is 0 Å². The monoisotopic (exact) mass is 164 g/mol. The second-order valence-electron chi connectivity index (χ2n) is 3.58. The van der Waals surface area contributed by atoms with E-state index in [0.717, 1.165) is 0 Å². The lowest BCUT2D eigenvalue weighted by Gasteiger charge is -2.04. The lowest BCUT2D eigenvalue weighted by Crippen LogP contribution is -2.14. The van der Waals surface area contributed by atoms with Crippen molar-refractivity contribution in [3.05, 3.63) is 0 Å². The first-order valence-electron chi connectivity index (χ1n) is 3.82. The number of aliphatic hydroxyl groups is 1. The first-order chi connectivity index (χ1) is 5.41. The third kappa shape index (κ3) is 3.44. The summed E-state index contributed by atoms with van der Waals surface area (Å²) in [6.07, 6.45) is 0. The first-order valence-corrected chi connectivity index (χ1v) is 3.82. The third-order valence-electron chi connectivity index (χ3n) is 1.34. The van der Waals surface area contributed by atoms with Crippen LogP contribution in [0, 0.1) is 23.7 Å². The molecule has 0 aromatic carbocycles. The van der Waals surface area contributed by atoms with Crippen LogP contribution < -0.4 is 0 Å². The normalized spacial score (nSPS) is 26.3. The topological polar surface area (TPSA) is 32.8 Å². The molecule has 2 nitrogen and oxygen atoms in total. The molecule has 1 saturated heterocycles. The van der Waals surface area contributed by atoms with E-state index in [1.807, 2.05) is 6.92 Å². The highest BCUT2D eigenvalue weighted by Crippen LogP contribution is 2.23. The highest BCUT2D eigenvalue weighted by Gasteiger charge is 2.37. The smallest absolute Gasteiger partial charge is 0.150 e. The Kier molecular flexibility index (Phi) is 2.15. The molecule has 12 heavy (non-hydrogen) atoms. The van der Waals surface area contributed by atoms with Gasteiger partial charge < -0.3 is 9.84 Å². The van der Waals surface area contributed by atoms with Crippen LogP contribution in [0.1, 0.15) is 20.8 Å². The van der Waals surface area contributed by atoms with Crippen molar-refractivity contribution in [2.45, 2.75) is 32.0 Å². The second kappa shape index (κ2) is 2.83. The molecule has 1 fully saturated rings. The Balaban J connectivity index is 2.50. The molecule has 1 aliphatic heterocycles. The highest BCUT2D eigenvalue weighted by molar-refractivity contribution is 5.33. The van der Waals surface area contributed by atoms with E-state index in [0.29, 0.717) is 6.61 Å². The summed E-state index contributed by atoms with van der Waals surface area (Å²) in [6.45, 7) is 5.84. The van der Waals surface area contributed by atoms with E-state index in [2.05, 4.69) is 23.7 Å². The van der Waals surface area contributed by atoms with Gasteiger partial charge in [0, 0.05) is 0 Å². The van der Waals surface area contributed by atoms with Crippen LogP contribution in [0.25, 0.3) is 0 Å². The number of ether oxygens (including phenoxy) is 1. The molecule has 1 atom stereocenters. The van der Waals surface area contributed by atoms with E-state index < -0.39 is 5.60 Å². The molecule has 2 heteroatoms. The number of epoxide rings is 1. The summed E-state index contributed by atoms with van der Waals surface area (Å²) in [6, 6.07) is 0. The van der Waals surface area contributed by atoms with Crippen LogP contribution in [0.15, 0.2) is 0 Å². The van der Waals surface area contributed by atoms with Crippen LogP contribution in [-0.2, 0) is 4.74 Å². The van der Waals surface area contributed by atoms with Gasteiger partial charge in [-0.3, -0.25) is 0 Å². The van der Waals surface area contributed by atoms with E-state index in [-0.39, 0.29) is 5.60 Å². The molecule has 0 bridgehead atoms. The molecule has 0 radical (unpaired) electrons. The molecule has 0 aromatic heterocycles. The fourth-order valence-corrected chi connectivity index (χ4v) is 0.528. The fourth-order valence-electron chi connectivity index (χ4n) is 0.528. The van der Waals surface area contributed by atoms with Crippen molar-refractivity contribution in [3.63, 3.8) is 0 Å². The van der Waals surface area contributed by atoms with Gasteiger partial charge >= 0.3 is 0 Å². The number of hydrogen-bond donors (Lipinski definition) is 1. The Morgan fingerprint density at radius 1 is 1.42 bits per heavy atom. The van der Waals surface area contributed by atoms with E-state index >= 15 is 0 Å². The van der Waals surface area contributed by atoms with Crippen LogP contribution in [0.2, 0.25) is 0 Å². The van der Waals surface area contributed by atoms with E-state index in [4.69, 9.17) is 4.74 Å². The molecule has 0 aliphatic carbocycles. The number of rotatable bonds is 0. The maximum absolute atomic E-state index is 9.19. The minimum absolute atomic E-state index is 0.270. The number of hydrogen-bond acceptors (Lipinski definition) is 2. The lowest BCUT2D eigenvalue weighted by molar-refractivity contribution is 0.143. The van der Waals surface area contributed by atoms with Gasteiger partial charge in [-0.25, -0.2) is 0 Å². The minimum atomic E-state index is -0.958. The maximum atomic E-state index is 9.19. The fraction of sp³-hybridized carbons (Fsp3) is 0.600. The van der Waals surface area contributed by atoms with Gasteiger partial charge in [-0.05, 0) is 32.6 Å². The molecule has 1 rings (SSSR count). The molecule has 1 N–H and O–H groups in total. The maximum Gasteiger partial charge on any atom is 0.150 e. The SMILES string of the molecule is CC(C)(O)C#CC#CC1(C)CO1. The zero-order chi connectivity index (χ0) is 9.24. The van der Waals surface area contributed by atoms with Gasteiger partial charge in [0.05, 0.1) is 6.61 Å². The van der Waals surface area contributed by atoms with Gasteiger partial charge in [0.15, 0.2) is 0 Å². The van der Waals surface area contributed by atoms with Crippen molar-refractivity contribution in [3.8, 4) is 23.7 Å². The average molecular weight is 164 g/mol. The Labute approximate surface area is 72.9 Å². The predicted octanol–water partition coefficient (Wildman–Crippen LogP) is 0.553. The first kappa shape index (κ1) is 9.13. The van der Waals surface area contributed by atoms with Gasteiger partial charge in [-0.1, -0.05) is 11.8 Å². The van der Waals surface area contributed by atoms with Crippen molar-refractivity contribution in [1.29, 1.82) is 0 Å². The summed E-state index contributed by atoms with van der Waals surface area (Å²) in [7, 11) is 0. The average Bonchev–Trinajstić information content (AvgIpc) is 2.60. The molecule has 1 aliphatic rings. The molecule has 64 valence electrons. The Hall–Kier alpha value is -0.960. The molecule has 0 saturated carbocycles. The second-order valence-corrected chi connectivity index (χ2v) is 3.58. The van der Waals surface area contributed by atoms with Crippen LogP contribution in [0.5, 0.6) is 0 Å². The zero-order valence-corrected chi connectivity index (χ0v) is 7.56. The Bertz CT molecular complexity index is 263. The van der Waals surface area contributed by atoms with Crippen LogP contribution in [0.3, 0.4) is 0 Å². The Morgan fingerprint density at radius 3 is 2.42 bits per heavy atom. The van der Waals surface area contributed by atoms with Crippen molar-refractivity contribution in [1.82, 2.24) is 0 Å². The Morgan fingerprint density at radius 2 is 2.00 bits per heavy atom. The van der Waals surface area contributed by atoms with Crippen molar-refractivity contribution in [2.24, 2.45) is 0 Å². The summed E-state index contributed by atoms with van der Waals surface area (Å²) in [5, 5.41) is 9.19. The summed E-state index contributed by atoms with van der Waals surface area (Å²) in [4.78, 5) is 0. The van der Waals surface area contributed by atoms with Gasteiger partial charge in [0.25, 0.3) is 0 Å². The third-order valence-corrected chi connectivity index (χ3v) is 1.34. The molecule has 0 aromatic rings. The summed E-state index contributed by atoms with van der Waals surface area (Å²) >= 11 is 0. The highest BCUT2D eigenvalue weighted by atomic mass is 16.6. The van der Waals surface area contributed by atoms with E-state index in [9.17, 15) is 5.11 Å². The largest absolute Gasteiger partial charge is 0.378 e. The molecule has 0 spiro atoms. The van der Waals surface area contributed by atoms with Crippen molar-refractivity contribution >= 4 is 0 Å². The van der Waals surface area contributed by atoms with Gasteiger partial charge in [0.1, 0.15) is 11.2 Å². The molecule has 1 unspecified atom stereocenters. The van der Waals surface area contributed by atoms with Crippen LogP contribution in [-0.4, -0.2) is 22.9 Å². The van der Waals surface area contributed by atoms with E-state index in [1.165, 1.54) is 0 Å². The van der Waals surface area contributed by atoms with Crippen LogP contribution >= 0.6 is 0 Å². The minimum Gasteiger partial charge on any atom is -0.378 e.